The zero-order valence-corrected chi connectivity index (χ0v) is 16.8. The average molecular weight is 392 g/mol. The van der Waals surface area contributed by atoms with Gasteiger partial charge in [0.25, 0.3) is 11.5 Å². The third kappa shape index (κ3) is 4.51. The Balaban J connectivity index is 1.94. The van der Waals surface area contributed by atoms with E-state index < -0.39 is 5.91 Å². The van der Waals surface area contributed by atoms with Gasteiger partial charge in [0, 0.05) is 17.5 Å². The number of hydrogen-bond acceptors (Lipinski definition) is 5. The lowest BCUT2D eigenvalue weighted by Gasteiger charge is -2.10. The Hall–Kier alpha value is -3.48. The average Bonchev–Trinajstić information content (AvgIpc) is 2.77. The third-order valence-electron chi connectivity index (χ3n) is 4.62. The number of hydrogen-bond donors (Lipinski definition) is 1. The van der Waals surface area contributed by atoms with Gasteiger partial charge in [-0.05, 0) is 31.5 Å². The molecule has 0 saturated heterocycles. The maximum absolute atomic E-state index is 12.8. The molecule has 0 spiro atoms. The molecule has 3 rings (SSSR count). The Kier molecular flexibility index (Phi) is 6.39. The molecule has 150 valence electrons. The summed E-state index contributed by atoms with van der Waals surface area (Å²) in [5.41, 5.74) is 4.00. The molecule has 1 heterocycles. The van der Waals surface area contributed by atoms with Gasteiger partial charge in [0.1, 0.15) is 5.75 Å². The van der Waals surface area contributed by atoms with E-state index in [9.17, 15) is 9.59 Å². The minimum Gasteiger partial charge on any atom is -0.497 e. The van der Waals surface area contributed by atoms with Gasteiger partial charge in [-0.25, -0.2) is 10.1 Å². The fourth-order valence-corrected chi connectivity index (χ4v) is 2.96. The number of nitrogens with one attached hydrogen (secondary N) is 1. The molecule has 1 N–H and O–H groups in total. The monoisotopic (exact) mass is 392 g/mol. The van der Waals surface area contributed by atoms with Gasteiger partial charge in [-0.3, -0.25) is 9.59 Å². The zero-order valence-electron chi connectivity index (χ0n) is 16.8. The number of fused-ring (bicyclic) bond motifs is 1. The van der Waals surface area contributed by atoms with Crippen LogP contribution >= 0.6 is 0 Å². The van der Waals surface area contributed by atoms with Crippen molar-refractivity contribution in [3.8, 4) is 5.75 Å². The maximum atomic E-state index is 12.8. The Morgan fingerprint density at radius 1 is 1.17 bits per heavy atom. The van der Waals surface area contributed by atoms with E-state index in [2.05, 4.69) is 15.6 Å². The number of hydrazone groups is 1. The number of carbonyl (C=O) groups excluding carboxylic acids is 1. The molecule has 7 heteroatoms. The van der Waals surface area contributed by atoms with Crippen LogP contribution in [0, 0.1) is 0 Å². The molecule has 1 aromatic heterocycles. The number of rotatable bonds is 7. The van der Waals surface area contributed by atoms with E-state index >= 15 is 0 Å². The fraction of sp³-hybridized carbons (Fsp3) is 0.273. The van der Waals surface area contributed by atoms with Crippen molar-refractivity contribution in [3.63, 3.8) is 0 Å². The van der Waals surface area contributed by atoms with Crippen LogP contribution in [0.4, 0.5) is 0 Å². The van der Waals surface area contributed by atoms with Gasteiger partial charge in [-0.2, -0.15) is 10.2 Å². The first kappa shape index (κ1) is 20.3. The lowest BCUT2D eigenvalue weighted by molar-refractivity contribution is 0.0949. The van der Waals surface area contributed by atoms with Crippen molar-refractivity contribution in [2.45, 2.75) is 33.2 Å². The van der Waals surface area contributed by atoms with Crippen molar-refractivity contribution in [2.24, 2.45) is 5.10 Å². The molecule has 0 radical (unpaired) electrons. The largest absolute Gasteiger partial charge is 0.497 e. The van der Waals surface area contributed by atoms with E-state index in [0.29, 0.717) is 28.8 Å². The van der Waals surface area contributed by atoms with Crippen molar-refractivity contribution < 1.29 is 9.53 Å². The molecule has 1 amide bonds. The summed E-state index contributed by atoms with van der Waals surface area (Å²) in [5, 5.41) is 9.50. The Morgan fingerprint density at radius 3 is 2.66 bits per heavy atom. The molecule has 0 bridgehead atoms. The first-order chi connectivity index (χ1) is 14.0. The van der Waals surface area contributed by atoms with Crippen molar-refractivity contribution in [1.29, 1.82) is 0 Å². The van der Waals surface area contributed by atoms with Crippen LogP contribution in [0.1, 0.15) is 42.7 Å². The van der Waals surface area contributed by atoms with Gasteiger partial charge in [-0.15, -0.1) is 0 Å². The van der Waals surface area contributed by atoms with Gasteiger partial charge in [-0.1, -0.05) is 43.7 Å². The van der Waals surface area contributed by atoms with Crippen molar-refractivity contribution in [2.75, 3.05) is 7.11 Å². The highest BCUT2D eigenvalue weighted by Gasteiger charge is 2.16. The Bertz CT molecular complexity index is 1120. The SMILES string of the molecule is CCCCn1nc(C(=O)N/N=C(/C)c2cccc(OC)c2)c2ccccc2c1=O. The molecule has 0 aliphatic carbocycles. The summed E-state index contributed by atoms with van der Waals surface area (Å²) in [6.07, 6.45) is 1.73. The highest BCUT2D eigenvalue weighted by molar-refractivity contribution is 6.06. The summed E-state index contributed by atoms with van der Waals surface area (Å²) in [5.74, 6) is 0.243. The summed E-state index contributed by atoms with van der Waals surface area (Å²) in [6.45, 7) is 4.30. The van der Waals surface area contributed by atoms with Crippen molar-refractivity contribution in [3.05, 3.63) is 70.1 Å². The molecule has 7 nitrogen and oxygen atoms in total. The summed E-state index contributed by atoms with van der Waals surface area (Å²) in [7, 11) is 1.59. The molecule has 2 aromatic carbocycles. The number of aryl methyl sites for hydroxylation is 1. The number of methoxy groups -OCH3 is 1. The quantitative estimate of drug-likeness (QED) is 0.493. The first-order valence-corrected chi connectivity index (χ1v) is 9.54. The minimum absolute atomic E-state index is 0.179. The molecule has 0 fully saturated rings. The van der Waals surface area contributed by atoms with Crippen molar-refractivity contribution in [1.82, 2.24) is 15.2 Å². The van der Waals surface area contributed by atoms with Crippen LogP contribution in [0.15, 0.2) is 58.4 Å². The van der Waals surface area contributed by atoms with E-state index in [0.717, 1.165) is 18.4 Å². The van der Waals surface area contributed by atoms with Gasteiger partial charge in [0.15, 0.2) is 5.69 Å². The molecular weight excluding hydrogens is 368 g/mol. The Labute approximate surface area is 169 Å². The molecule has 0 aliphatic heterocycles. The highest BCUT2D eigenvalue weighted by atomic mass is 16.5. The lowest BCUT2D eigenvalue weighted by Crippen LogP contribution is -2.29. The summed E-state index contributed by atoms with van der Waals surface area (Å²) >= 11 is 0. The molecule has 0 aliphatic rings. The van der Waals surface area contributed by atoms with Gasteiger partial charge in [0.05, 0.1) is 18.2 Å². The van der Waals surface area contributed by atoms with Crippen LogP contribution in [0.25, 0.3) is 10.8 Å². The number of amides is 1. The number of carbonyl (C=O) groups is 1. The van der Waals surface area contributed by atoms with Gasteiger partial charge in [0.2, 0.25) is 0 Å². The fourth-order valence-electron chi connectivity index (χ4n) is 2.96. The number of unbranched alkanes of at least 4 members (excludes halogenated alkanes) is 1. The predicted octanol–water partition coefficient (Wildman–Crippen LogP) is 3.36. The van der Waals surface area contributed by atoms with E-state index in [1.54, 1.807) is 38.3 Å². The smallest absolute Gasteiger partial charge is 0.292 e. The predicted molar refractivity (Wildman–Crippen MR) is 114 cm³/mol. The number of benzene rings is 2. The summed E-state index contributed by atoms with van der Waals surface area (Å²) in [4.78, 5) is 25.5. The molecule has 0 saturated carbocycles. The van der Waals surface area contributed by atoms with E-state index in [1.807, 2.05) is 31.2 Å². The molecule has 0 atom stereocenters. The molecule has 3 aromatic rings. The molecule has 29 heavy (non-hydrogen) atoms. The van der Waals surface area contributed by atoms with E-state index in [4.69, 9.17) is 4.74 Å². The second-order valence-corrected chi connectivity index (χ2v) is 6.65. The standard InChI is InChI=1S/C22H24N4O3/c1-4-5-13-26-22(28)19-12-7-6-11-18(19)20(25-26)21(27)24-23-15(2)16-9-8-10-17(14-16)29-3/h6-12,14H,4-5,13H2,1-3H3,(H,24,27)/b23-15-. The van der Waals surface area contributed by atoms with Crippen LogP contribution in [-0.2, 0) is 6.54 Å². The third-order valence-corrected chi connectivity index (χ3v) is 4.62. The first-order valence-electron chi connectivity index (χ1n) is 9.54. The summed E-state index contributed by atoms with van der Waals surface area (Å²) in [6, 6.07) is 14.4. The topological polar surface area (TPSA) is 85.6 Å². The second kappa shape index (κ2) is 9.14. The minimum atomic E-state index is -0.464. The van der Waals surface area contributed by atoms with Crippen LogP contribution in [0.3, 0.4) is 0 Å². The van der Waals surface area contributed by atoms with Crippen LogP contribution in [0.2, 0.25) is 0 Å². The zero-order chi connectivity index (χ0) is 20.8. The van der Waals surface area contributed by atoms with Crippen LogP contribution in [0.5, 0.6) is 5.75 Å². The number of nitrogens with zero attached hydrogens (tertiary/aromatic N) is 3. The molecular formula is C22H24N4O3. The van der Waals surface area contributed by atoms with Crippen molar-refractivity contribution >= 4 is 22.4 Å². The molecule has 0 unspecified atom stereocenters. The number of ether oxygens (including phenoxy) is 1. The van der Waals surface area contributed by atoms with Gasteiger partial charge < -0.3 is 4.74 Å². The second-order valence-electron chi connectivity index (χ2n) is 6.65. The van der Waals surface area contributed by atoms with Gasteiger partial charge >= 0.3 is 0 Å². The Morgan fingerprint density at radius 2 is 1.93 bits per heavy atom. The highest BCUT2D eigenvalue weighted by Crippen LogP contribution is 2.15. The van der Waals surface area contributed by atoms with Crippen LogP contribution < -0.4 is 15.7 Å². The normalized spacial score (nSPS) is 11.5. The van der Waals surface area contributed by atoms with Crippen LogP contribution in [-0.4, -0.2) is 28.5 Å². The lowest BCUT2D eigenvalue weighted by atomic mass is 10.1. The number of aromatic nitrogens is 2. The van der Waals surface area contributed by atoms with E-state index in [1.165, 1.54) is 4.68 Å². The summed E-state index contributed by atoms with van der Waals surface area (Å²) < 4.78 is 6.58. The van der Waals surface area contributed by atoms with E-state index in [-0.39, 0.29) is 11.3 Å². The maximum Gasteiger partial charge on any atom is 0.292 e.